The molecule has 0 bridgehead atoms. The molecule has 0 aromatic heterocycles. The first kappa shape index (κ1) is 16.3. The van der Waals surface area contributed by atoms with Crippen LogP contribution in [0.15, 0.2) is 30.3 Å². The van der Waals surface area contributed by atoms with Crippen LogP contribution in [0.3, 0.4) is 0 Å². The van der Waals surface area contributed by atoms with Crippen LogP contribution in [0, 0.1) is 0 Å². The first-order valence-corrected chi connectivity index (χ1v) is 7.54. The molecular formula is C17H23NO4. The van der Waals surface area contributed by atoms with Crippen molar-refractivity contribution in [3.63, 3.8) is 0 Å². The number of carbonyl (C=O) groups excluding carboxylic acids is 1. The zero-order valence-corrected chi connectivity index (χ0v) is 13.3. The molecule has 1 aromatic rings. The van der Waals surface area contributed by atoms with Gasteiger partial charge in [-0.3, -0.25) is 4.79 Å². The van der Waals surface area contributed by atoms with Crippen LogP contribution in [0.25, 0.3) is 0 Å². The molecule has 1 aliphatic carbocycles. The Labute approximate surface area is 130 Å². The maximum absolute atomic E-state index is 12.0. The zero-order chi connectivity index (χ0) is 16.4. The lowest BCUT2D eigenvalue weighted by Gasteiger charge is -2.33. The van der Waals surface area contributed by atoms with Crippen molar-refractivity contribution in [2.45, 2.75) is 57.1 Å². The number of amides is 1. The van der Waals surface area contributed by atoms with Gasteiger partial charge >= 0.3 is 12.1 Å². The number of rotatable bonds is 3. The van der Waals surface area contributed by atoms with E-state index in [4.69, 9.17) is 4.74 Å². The number of nitrogens with one attached hydrogen (secondary N) is 1. The molecule has 0 heterocycles. The maximum atomic E-state index is 12.0. The SMILES string of the molecule is CC(C)(C)OC(=O)NC1CCCC1(C(=O)O)c1ccccc1. The van der Waals surface area contributed by atoms with Gasteiger partial charge in [-0.15, -0.1) is 0 Å². The van der Waals surface area contributed by atoms with Gasteiger partial charge in [-0.2, -0.15) is 0 Å². The van der Waals surface area contributed by atoms with Crippen molar-refractivity contribution in [3.8, 4) is 0 Å². The van der Waals surface area contributed by atoms with E-state index < -0.39 is 29.1 Å². The normalized spacial score (nSPS) is 24.8. The van der Waals surface area contributed by atoms with Crippen LogP contribution < -0.4 is 5.32 Å². The molecule has 0 aliphatic heterocycles. The van der Waals surface area contributed by atoms with E-state index in [0.29, 0.717) is 12.8 Å². The number of carbonyl (C=O) groups is 2. The molecule has 2 rings (SSSR count). The predicted molar refractivity (Wildman–Crippen MR) is 82.8 cm³/mol. The van der Waals surface area contributed by atoms with Crippen LogP contribution >= 0.6 is 0 Å². The lowest BCUT2D eigenvalue weighted by atomic mass is 9.76. The van der Waals surface area contributed by atoms with E-state index in [2.05, 4.69) is 5.32 Å². The van der Waals surface area contributed by atoms with E-state index in [1.807, 2.05) is 30.3 Å². The second-order valence-corrected chi connectivity index (χ2v) is 6.73. The molecule has 0 radical (unpaired) electrons. The summed E-state index contributed by atoms with van der Waals surface area (Å²) in [6, 6.07) is 8.64. The molecule has 5 nitrogen and oxygen atoms in total. The molecule has 5 heteroatoms. The molecule has 2 atom stereocenters. The van der Waals surface area contributed by atoms with Crippen LogP contribution in [0.5, 0.6) is 0 Å². The minimum Gasteiger partial charge on any atom is -0.481 e. The van der Waals surface area contributed by atoms with Gasteiger partial charge in [0.2, 0.25) is 0 Å². The van der Waals surface area contributed by atoms with Gasteiger partial charge in [-0.1, -0.05) is 30.3 Å². The Hall–Kier alpha value is -2.04. The standard InChI is InChI=1S/C17H23NO4/c1-16(2,3)22-15(21)18-13-10-7-11-17(13,14(19)20)12-8-5-4-6-9-12/h4-6,8-9,13H,7,10-11H2,1-3H3,(H,18,21)(H,19,20). The highest BCUT2D eigenvalue weighted by atomic mass is 16.6. The Morgan fingerprint density at radius 2 is 1.91 bits per heavy atom. The highest BCUT2D eigenvalue weighted by Crippen LogP contribution is 2.41. The number of carboxylic acids is 1. The lowest BCUT2D eigenvalue weighted by molar-refractivity contribution is -0.144. The van der Waals surface area contributed by atoms with Gasteiger partial charge in [-0.25, -0.2) is 4.79 Å². The highest BCUT2D eigenvalue weighted by Gasteiger charge is 2.51. The summed E-state index contributed by atoms with van der Waals surface area (Å²) in [6.45, 7) is 5.34. The second kappa shape index (κ2) is 5.99. The van der Waals surface area contributed by atoms with Crippen molar-refractivity contribution in [2.24, 2.45) is 0 Å². The lowest BCUT2D eigenvalue weighted by Crippen LogP contribution is -2.52. The summed E-state index contributed by atoms with van der Waals surface area (Å²) in [6.07, 6.45) is 1.32. The fraction of sp³-hybridized carbons (Fsp3) is 0.529. The molecule has 22 heavy (non-hydrogen) atoms. The van der Waals surface area contributed by atoms with Crippen LogP contribution in [0.1, 0.15) is 45.6 Å². The van der Waals surface area contributed by atoms with E-state index >= 15 is 0 Å². The fourth-order valence-electron chi connectivity index (χ4n) is 3.11. The third-order valence-corrected chi connectivity index (χ3v) is 4.02. The largest absolute Gasteiger partial charge is 0.481 e. The van der Waals surface area contributed by atoms with E-state index in [-0.39, 0.29) is 0 Å². The van der Waals surface area contributed by atoms with Crippen molar-refractivity contribution >= 4 is 12.1 Å². The van der Waals surface area contributed by atoms with Crippen molar-refractivity contribution in [1.29, 1.82) is 0 Å². The topological polar surface area (TPSA) is 75.6 Å². The predicted octanol–water partition coefficient (Wildman–Crippen LogP) is 3.09. The summed E-state index contributed by atoms with van der Waals surface area (Å²) >= 11 is 0. The summed E-state index contributed by atoms with van der Waals surface area (Å²) < 4.78 is 5.27. The average Bonchev–Trinajstić information content (AvgIpc) is 2.82. The van der Waals surface area contributed by atoms with E-state index in [1.54, 1.807) is 20.8 Å². The highest BCUT2D eigenvalue weighted by molar-refractivity contribution is 5.84. The number of carboxylic acid groups (broad SMARTS) is 1. The number of hydrogen-bond donors (Lipinski definition) is 2. The summed E-state index contributed by atoms with van der Waals surface area (Å²) in [4.78, 5) is 24.0. The Morgan fingerprint density at radius 1 is 1.27 bits per heavy atom. The molecule has 2 N–H and O–H groups in total. The van der Waals surface area contributed by atoms with Gasteiger partial charge in [0.05, 0.1) is 6.04 Å². The summed E-state index contributed by atoms with van der Waals surface area (Å²) in [5.41, 5.74) is -0.972. The zero-order valence-electron chi connectivity index (χ0n) is 13.3. The Kier molecular flexibility index (Phi) is 4.44. The number of benzene rings is 1. The summed E-state index contributed by atoms with van der Waals surface area (Å²) in [5, 5.41) is 12.6. The van der Waals surface area contributed by atoms with Crippen LogP contribution in [0.4, 0.5) is 4.79 Å². The summed E-state index contributed by atoms with van der Waals surface area (Å²) in [7, 11) is 0. The second-order valence-electron chi connectivity index (χ2n) is 6.73. The average molecular weight is 305 g/mol. The number of aliphatic carboxylic acids is 1. The maximum Gasteiger partial charge on any atom is 0.407 e. The molecule has 1 aromatic carbocycles. The van der Waals surface area contributed by atoms with E-state index in [9.17, 15) is 14.7 Å². The van der Waals surface area contributed by atoms with Crippen LogP contribution in [-0.2, 0) is 14.9 Å². The smallest absolute Gasteiger partial charge is 0.407 e. The van der Waals surface area contributed by atoms with Crippen molar-refractivity contribution in [3.05, 3.63) is 35.9 Å². The van der Waals surface area contributed by atoms with Crippen LogP contribution in [0.2, 0.25) is 0 Å². The third-order valence-electron chi connectivity index (χ3n) is 4.02. The monoisotopic (exact) mass is 305 g/mol. The quantitative estimate of drug-likeness (QED) is 0.900. The molecule has 2 unspecified atom stereocenters. The number of ether oxygens (including phenoxy) is 1. The first-order valence-electron chi connectivity index (χ1n) is 7.54. The van der Waals surface area contributed by atoms with Gasteiger partial charge in [0.25, 0.3) is 0 Å². The van der Waals surface area contributed by atoms with Gasteiger partial charge in [0.1, 0.15) is 11.0 Å². The Balaban J connectivity index is 2.26. The minimum absolute atomic E-state index is 0.470. The fourth-order valence-corrected chi connectivity index (χ4v) is 3.11. The molecule has 0 saturated heterocycles. The van der Waals surface area contributed by atoms with Gasteiger partial charge < -0.3 is 15.2 Å². The Morgan fingerprint density at radius 3 is 2.45 bits per heavy atom. The van der Waals surface area contributed by atoms with Crippen molar-refractivity contribution in [1.82, 2.24) is 5.32 Å². The Bertz CT molecular complexity index is 550. The molecular weight excluding hydrogens is 282 g/mol. The van der Waals surface area contributed by atoms with Gasteiger partial charge in [-0.05, 0) is 45.6 Å². The number of hydrogen-bond acceptors (Lipinski definition) is 3. The molecule has 120 valence electrons. The molecule has 1 saturated carbocycles. The molecule has 1 amide bonds. The molecule has 1 fully saturated rings. The van der Waals surface area contributed by atoms with E-state index in [0.717, 1.165) is 12.0 Å². The van der Waals surface area contributed by atoms with Gasteiger partial charge in [0, 0.05) is 0 Å². The van der Waals surface area contributed by atoms with Crippen LogP contribution in [-0.4, -0.2) is 28.8 Å². The van der Waals surface area contributed by atoms with Gasteiger partial charge in [0.15, 0.2) is 0 Å². The van der Waals surface area contributed by atoms with Crippen molar-refractivity contribution in [2.75, 3.05) is 0 Å². The molecule has 1 aliphatic rings. The third kappa shape index (κ3) is 3.24. The number of alkyl carbamates (subject to hydrolysis) is 1. The summed E-state index contributed by atoms with van der Waals surface area (Å²) in [5.74, 6) is -0.905. The minimum atomic E-state index is -1.09. The first-order chi connectivity index (χ1) is 10.3. The molecule has 0 spiro atoms. The van der Waals surface area contributed by atoms with Crippen molar-refractivity contribution < 1.29 is 19.4 Å². The van der Waals surface area contributed by atoms with E-state index in [1.165, 1.54) is 0 Å².